The van der Waals surface area contributed by atoms with Crippen molar-refractivity contribution in [1.29, 1.82) is 0 Å². The molecule has 3 aromatic rings. The van der Waals surface area contributed by atoms with Crippen LogP contribution in [-0.4, -0.2) is 21.4 Å². The highest BCUT2D eigenvalue weighted by Gasteiger charge is 2.30. The van der Waals surface area contributed by atoms with E-state index < -0.39 is 27.7 Å². The maximum absolute atomic E-state index is 12.8. The van der Waals surface area contributed by atoms with E-state index in [9.17, 15) is 26.4 Å². The first-order chi connectivity index (χ1) is 14.5. The highest BCUT2D eigenvalue weighted by atomic mass is 32.2. The number of sulfonamides is 1. The zero-order valence-corrected chi connectivity index (χ0v) is 17.5. The molecule has 31 heavy (non-hydrogen) atoms. The molecule has 9 heteroatoms. The number of hydrogen-bond acceptors (Lipinski definition) is 3. The predicted molar refractivity (Wildman–Crippen MR) is 113 cm³/mol. The van der Waals surface area contributed by atoms with Gasteiger partial charge in [-0.1, -0.05) is 23.8 Å². The molecule has 0 saturated heterocycles. The number of carbonyl (C=O) groups is 1. The average Bonchev–Trinajstić information content (AvgIpc) is 2.73. The summed E-state index contributed by atoms with van der Waals surface area (Å²) in [6.07, 6.45) is -4.52. The number of benzene rings is 3. The molecule has 0 saturated carbocycles. The maximum atomic E-state index is 12.8. The molecule has 0 atom stereocenters. The van der Waals surface area contributed by atoms with E-state index in [1.54, 1.807) is 12.1 Å². The molecule has 0 unspecified atom stereocenters. The quantitative estimate of drug-likeness (QED) is 0.591. The first-order valence-corrected chi connectivity index (χ1v) is 10.6. The van der Waals surface area contributed by atoms with Crippen LogP contribution >= 0.6 is 0 Å². The van der Waals surface area contributed by atoms with Crippen LogP contribution in [0.25, 0.3) is 0 Å². The summed E-state index contributed by atoms with van der Waals surface area (Å²) >= 11 is 0. The Bertz CT molecular complexity index is 1190. The topological polar surface area (TPSA) is 66.5 Å². The summed E-state index contributed by atoms with van der Waals surface area (Å²) < 4.78 is 65.1. The Morgan fingerprint density at radius 2 is 1.55 bits per heavy atom. The predicted octanol–water partition coefficient (Wildman–Crippen LogP) is 5.09. The van der Waals surface area contributed by atoms with E-state index in [4.69, 9.17) is 0 Å². The fraction of sp³-hybridized carbons (Fsp3) is 0.136. The molecule has 0 radical (unpaired) electrons. The van der Waals surface area contributed by atoms with Gasteiger partial charge in [-0.25, -0.2) is 8.42 Å². The number of nitrogens with one attached hydrogen (secondary N) is 1. The number of halogens is 3. The van der Waals surface area contributed by atoms with Crippen LogP contribution in [0.4, 0.5) is 24.5 Å². The Hall–Kier alpha value is -3.33. The molecule has 0 fully saturated rings. The summed E-state index contributed by atoms with van der Waals surface area (Å²) in [6, 6.07) is 16.4. The van der Waals surface area contributed by atoms with E-state index in [-0.39, 0.29) is 16.1 Å². The molecule has 0 heterocycles. The van der Waals surface area contributed by atoms with Crippen LogP contribution in [0.1, 0.15) is 21.5 Å². The number of alkyl halides is 3. The fourth-order valence-electron chi connectivity index (χ4n) is 2.81. The monoisotopic (exact) mass is 448 g/mol. The van der Waals surface area contributed by atoms with Crippen molar-refractivity contribution < 1.29 is 26.4 Å². The van der Waals surface area contributed by atoms with Crippen LogP contribution < -0.4 is 9.62 Å². The van der Waals surface area contributed by atoms with Gasteiger partial charge in [0.1, 0.15) is 0 Å². The van der Waals surface area contributed by atoms with Gasteiger partial charge < -0.3 is 5.32 Å². The minimum atomic E-state index is -4.52. The number of carbonyl (C=O) groups excluding carboxylic acids is 1. The third-order valence-electron chi connectivity index (χ3n) is 4.62. The summed E-state index contributed by atoms with van der Waals surface area (Å²) in [5.74, 6) is -0.616. The van der Waals surface area contributed by atoms with Crippen molar-refractivity contribution in [3.05, 3.63) is 89.5 Å². The Labute approximate surface area is 178 Å². The number of anilines is 2. The second-order valence-corrected chi connectivity index (χ2v) is 8.83. The van der Waals surface area contributed by atoms with Gasteiger partial charge in [0.2, 0.25) is 0 Å². The molecule has 0 aliphatic carbocycles. The molecule has 0 aliphatic heterocycles. The number of rotatable bonds is 5. The van der Waals surface area contributed by atoms with Crippen LogP contribution in [0.3, 0.4) is 0 Å². The summed E-state index contributed by atoms with van der Waals surface area (Å²) in [7, 11) is -2.39. The molecular formula is C22H19F3N2O3S. The molecule has 1 N–H and O–H groups in total. The summed E-state index contributed by atoms with van der Waals surface area (Å²) in [5.41, 5.74) is 0.558. The lowest BCUT2D eigenvalue weighted by Crippen LogP contribution is -2.26. The molecule has 162 valence electrons. The van der Waals surface area contributed by atoms with Gasteiger partial charge in [-0.3, -0.25) is 9.10 Å². The Morgan fingerprint density at radius 3 is 2.13 bits per heavy atom. The summed E-state index contributed by atoms with van der Waals surface area (Å²) in [5, 5.41) is 2.41. The smallest absolute Gasteiger partial charge is 0.322 e. The third-order valence-corrected chi connectivity index (χ3v) is 6.42. The number of hydrogen-bond donors (Lipinski definition) is 1. The SMILES string of the molecule is Cc1ccc(S(=O)(=O)N(C)c2ccc(C(=O)Nc3cccc(C(F)(F)F)c3)cc2)cc1. The van der Waals surface area contributed by atoms with Gasteiger partial charge in [-0.05, 0) is 61.5 Å². The van der Waals surface area contributed by atoms with Crippen molar-refractivity contribution in [2.75, 3.05) is 16.7 Å². The van der Waals surface area contributed by atoms with Gasteiger partial charge in [0.05, 0.1) is 16.1 Å². The van der Waals surface area contributed by atoms with Crippen LogP contribution in [0, 0.1) is 6.92 Å². The Kier molecular flexibility index (Phi) is 6.08. The molecule has 3 aromatic carbocycles. The van der Waals surface area contributed by atoms with Gasteiger partial charge in [-0.2, -0.15) is 13.2 Å². The van der Waals surface area contributed by atoms with Gasteiger partial charge in [0.15, 0.2) is 0 Å². The van der Waals surface area contributed by atoms with Crippen molar-refractivity contribution >= 4 is 27.3 Å². The lowest BCUT2D eigenvalue weighted by Gasteiger charge is -2.20. The van der Waals surface area contributed by atoms with E-state index in [1.807, 2.05) is 6.92 Å². The van der Waals surface area contributed by atoms with Crippen molar-refractivity contribution in [2.45, 2.75) is 18.0 Å². The van der Waals surface area contributed by atoms with Crippen molar-refractivity contribution in [1.82, 2.24) is 0 Å². The molecule has 5 nitrogen and oxygen atoms in total. The van der Waals surface area contributed by atoms with Crippen molar-refractivity contribution in [3.8, 4) is 0 Å². The molecular weight excluding hydrogens is 429 g/mol. The standard InChI is InChI=1S/C22H19F3N2O3S/c1-15-6-12-20(13-7-15)31(29,30)27(2)19-10-8-16(9-11-19)21(28)26-18-5-3-4-17(14-18)22(23,24)25/h3-14H,1-2H3,(H,26,28). The normalized spacial score (nSPS) is 11.8. The highest BCUT2D eigenvalue weighted by Crippen LogP contribution is 2.31. The third kappa shape index (κ3) is 5.05. The van der Waals surface area contributed by atoms with Gasteiger partial charge >= 0.3 is 6.18 Å². The zero-order chi connectivity index (χ0) is 22.8. The largest absolute Gasteiger partial charge is 0.416 e. The molecule has 0 bridgehead atoms. The van der Waals surface area contributed by atoms with Gasteiger partial charge in [0.25, 0.3) is 15.9 Å². The van der Waals surface area contributed by atoms with E-state index in [0.29, 0.717) is 5.69 Å². The minimum Gasteiger partial charge on any atom is -0.322 e. The molecule has 0 aliphatic rings. The molecule has 1 amide bonds. The van der Waals surface area contributed by atoms with Crippen LogP contribution in [-0.2, 0) is 16.2 Å². The maximum Gasteiger partial charge on any atom is 0.416 e. The lowest BCUT2D eigenvalue weighted by atomic mass is 10.1. The fourth-order valence-corrected chi connectivity index (χ4v) is 4.00. The van der Waals surface area contributed by atoms with Gasteiger partial charge in [-0.15, -0.1) is 0 Å². The van der Waals surface area contributed by atoms with Crippen LogP contribution in [0.15, 0.2) is 77.7 Å². The van der Waals surface area contributed by atoms with E-state index in [2.05, 4.69) is 5.32 Å². The van der Waals surface area contributed by atoms with Crippen molar-refractivity contribution in [3.63, 3.8) is 0 Å². The summed E-state index contributed by atoms with van der Waals surface area (Å²) in [6.45, 7) is 1.85. The molecule has 0 spiro atoms. The first kappa shape index (κ1) is 22.4. The highest BCUT2D eigenvalue weighted by molar-refractivity contribution is 7.92. The second-order valence-electron chi connectivity index (χ2n) is 6.87. The number of nitrogens with zero attached hydrogens (tertiary/aromatic N) is 1. The Balaban J connectivity index is 1.76. The summed E-state index contributed by atoms with van der Waals surface area (Å²) in [4.78, 5) is 12.5. The van der Waals surface area contributed by atoms with Crippen LogP contribution in [0.2, 0.25) is 0 Å². The van der Waals surface area contributed by atoms with E-state index >= 15 is 0 Å². The number of aryl methyl sites for hydroxylation is 1. The van der Waals surface area contributed by atoms with Crippen LogP contribution in [0.5, 0.6) is 0 Å². The van der Waals surface area contributed by atoms with Gasteiger partial charge in [0, 0.05) is 18.3 Å². The molecule has 0 aromatic heterocycles. The van der Waals surface area contributed by atoms with E-state index in [0.717, 1.165) is 22.0 Å². The lowest BCUT2D eigenvalue weighted by molar-refractivity contribution is -0.137. The number of amides is 1. The van der Waals surface area contributed by atoms with Crippen molar-refractivity contribution in [2.24, 2.45) is 0 Å². The minimum absolute atomic E-state index is 0.00275. The molecule has 3 rings (SSSR count). The zero-order valence-electron chi connectivity index (χ0n) is 16.6. The van der Waals surface area contributed by atoms with E-state index in [1.165, 1.54) is 55.6 Å². The average molecular weight is 448 g/mol. The first-order valence-electron chi connectivity index (χ1n) is 9.13. The second kappa shape index (κ2) is 8.43. The Morgan fingerprint density at radius 1 is 0.935 bits per heavy atom.